The molecule has 1 saturated carbocycles. The van der Waals surface area contributed by atoms with Crippen LogP contribution in [0.4, 0.5) is 0 Å². The molecule has 12 heavy (non-hydrogen) atoms. The van der Waals surface area contributed by atoms with Gasteiger partial charge in [0.2, 0.25) is 0 Å². The van der Waals surface area contributed by atoms with Crippen LogP contribution >= 0.6 is 0 Å². The van der Waals surface area contributed by atoms with Gasteiger partial charge in [-0.25, -0.2) is 0 Å². The van der Waals surface area contributed by atoms with E-state index >= 15 is 0 Å². The fourth-order valence-corrected chi connectivity index (χ4v) is 2.18. The van der Waals surface area contributed by atoms with Crippen LogP contribution in [0.2, 0.25) is 0 Å². The van der Waals surface area contributed by atoms with Crippen molar-refractivity contribution in [3.8, 4) is 11.8 Å². The molecule has 0 aliphatic heterocycles. The largest absolute Gasteiger partial charge is 0.317 e. The van der Waals surface area contributed by atoms with E-state index in [0.717, 1.165) is 24.3 Å². The maximum Gasteiger partial charge on any atom is 0.0120 e. The normalized spacial score (nSPS) is 34.4. The first-order valence-electron chi connectivity index (χ1n) is 4.86. The molecule has 0 aromatic rings. The van der Waals surface area contributed by atoms with E-state index in [1.165, 1.54) is 12.8 Å². The molecule has 1 nitrogen and oxygen atoms in total. The summed E-state index contributed by atoms with van der Waals surface area (Å²) in [5.74, 6) is 7.80. The lowest BCUT2D eigenvalue weighted by molar-refractivity contribution is 0.371. The summed E-state index contributed by atoms with van der Waals surface area (Å²) in [6.07, 6.45) is 3.77. The molecular weight excluding hydrogens is 146 g/mol. The van der Waals surface area contributed by atoms with Crippen LogP contribution in [0.3, 0.4) is 0 Å². The zero-order valence-electron chi connectivity index (χ0n) is 8.35. The number of nitrogens with one attached hydrogen (secondary N) is 1. The third-order valence-corrected chi connectivity index (χ3v) is 3.14. The van der Waals surface area contributed by atoms with Gasteiger partial charge in [0.15, 0.2) is 0 Å². The predicted molar refractivity (Wildman–Crippen MR) is 52.8 cm³/mol. The number of rotatable bonds is 2. The van der Waals surface area contributed by atoms with Crippen molar-refractivity contribution >= 4 is 0 Å². The molecule has 1 aliphatic carbocycles. The van der Waals surface area contributed by atoms with E-state index in [4.69, 9.17) is 0 Å². The van der Waals surface area contributed by atoms with Crippen molar-refractivity contribution in [2.75, 3.05) is 7.05 Å². The number of hydrogen-bond acceptors (Lipinski definition) is 1. The summed E-state index contributed by atoms with van der Waals surface area (Å²) in [5, 5.41) is 3.37. The molecule has 1 rings (SSSR count). The maximum atomic E-state index is 3.37. The fourth-order valence-electron chi connectivity index (χ4n) is 2.18. The minimum absolute atomic E-state index is 0.730. The Morgan fingerprint density at radius 2 is 2.17 bits per heavy atom. The van der Waals surface area contributed by atoms with Crippen LogP contribution in [-0.4, -0.2) is 13.1 Å². The molecule has 3 unspecified atom stereocenters. The van der Waals surface area contributed by atoms with Gasteiger partial charge in [-0.3, -0.25) is 0 Å². The van der Waals surface area contributed by atoms with E-state index in [0.29, 0.717) is 0 Å². The van der Waals surface area contributed by atoms with Gasteiger partial charge in [0, 0.05) is 12.5 Å². The monoisotopic (exact) mass is 165 g/mol. The molecule has 0 amide bonds. The van der Waals surface area contributed by atoms with Crippen molar-refractivity contribution in [1.82, 2.24) is 5.32 Å². The van der Waals surface area contributed by atoms with Crippen LogP contribution in [0.15, 0.2) is 0 Å². The highest BCUT2D eigenvalue weighted by molar-refractivity contribution is 5.00. The highest BCUT2D eigenvalue weighted by Gasteiger charge is 2.30. The van der Waals surface area contributed by atoms with Gasteiger partial charge in [0.05, 0.1) is 0 Å². The van der Waals surface area contributed by atoms with Crippen LogP contribution in [0, 0.1) is 23.7 Å². The summed E-state index contributed by atoms with van der Waals surface area (Å²) in [7, 11) is 2.06. The fraction of sp³-hybridized carbons (Fsp3) is 0.818. The Bertz CT molecular complexity index is 187. The van der Waals surface area contributed by atoms with Crippen LogP contribution in [0.1, 0.15) is 33.1 Å². The average molecular weight is 165 g/mol. The SMILES string of the molecule is CC#CCC1CCC(NC)C1C. The molecular formula is C11H19N. The lowest BCUT2D eigenvalue weighted by Crippen LogP contribution is -2.29. The molecule has 0 aromatic heterocycles. The maximum absolute atomic E-state index is 3.37. The summed E-state index contributed by atoms with van der Waals surface area (Å²) in [6.45, 7) is 4.27. The molecule has 1 fully saturated rings. The molecule has 0 heterocycles. The van der Waals surface area contributed by atoms with Crippen molar-refractivity contribution in [1.29, 1.82) is 0 Å². The lowest BCUT2D eigenvalue weighted by Gasteiger charge is -2.18. The second kappa shape index (κ2) is 4.52. The van der Waals surface area contributed by atoms with E-state index in [-0.39, 0.29) is 0 Å². The minimum atomic E-state index is 0.730. The summed E-state index contributed by atoms with van der Waals surface area (Å²) in [4.78, 5) is 0. The highest BCUT2D eigenvalue weighted by atomic mass is 14.9. The number of hydrogen-bond donors (Lipinski definition) is 1. The average Bonchev–Trinajstić information content (AvgIpc) is 2.43. The molecule has 1 aliphatic rings. The van der Waals surface area contributed by atoms with Crippen molar-refractivity contribution in [2.24, 2.45) is 11.8 Å². The van der Waals surface area contributed by atoms with Crippen molar-refractivity contribution in [3.05, 3.63) is 0 Å². The van der Waals surface area contributed by atoms with Gasteiger partial charge < -0.3 is 5.32 Å². The third kappa shape index (κ3) is 2.01. The topological polar surface area (TPSA) is 12.0 Å². The third-order valence-electron chi connectivity index (χ3n) is 3.14. The van der Waals surface area contributed by atoms with Gasteiger partial charge in [-0.1, -0.05) is 6.92 Å². The van der Waals surface area contributed by atoms with Crippen LogP contribution < -0.4 is 5.32 Å². The second-order valence-corrected chi connectivity index (χ2v) is 3.72. The van der Waals surface area contributed by atoms with Crippen molar-refractivity contribution < 1.29 is 0 Å². The molecule has 68 valence electrons. The van der Waals surface area contributed by atoms with Gasteiger partial charge in [-0.05, 0) is 38.6 Å². The van der Waals surface area contributed by atoms with Gasteiger partial charge in [-0.2, -0.15) is 0 Å². The summed E-state index contributed by atoms with van der Waals surface area (Å²) in [5.41, 5.74) is 0. The first-order valence-corrected chi connectivity index (χ1v) is 4.86. The van der Waals surface area contributed by atoms with Gasteiger partial charge in [0.1, 0.15) is 0 Å². The quantitative estimate of drug-likeness (QED) is 0.617. The molecule has 3 atom stereocenters. The Kier molecular flexibility index (Phi) is 3.62. The van der Waals surface area contributed by atoms with Crippen molar-refractivity contribution in [3.63, 3.8) is 0 Å². The molecule has 0 spiro atoms. The predicted octanol–water partition coefficient (Wildman–Crippen LogP) is 2.03. The van der Waals surface area contributed by atoms with E-state index in [2.05, 4.69) is 31.1 Å². The molecule has 0 aromatic carbocycles. The summed E-state index contributed by atoms with van der Waals surface area (Å²) < 4.78 is 0. The molecule has 0 saturated heterocycles. The smallest absolute Gasteiger partial charge is 0.0120 e. The van der Waals surface area contributed by atoms with E-state index < -0.39 is 0 Å². The lowest BCUT2D eigenvalue weighted by atomic mass is 9.93. The summed E-state index contributed by atoms with van der Waals surface area (Å²) >= 11 is 0. The first kappa shape index (κ1) is 9.61. The standard InChI is InChI=1S/C11H19N/c1-4-5-6-10-7-8-11(12-3)9(10)2/h9-12H,6-8H2,1-3H3. The minimum Gasteiger partial charge on any atom is -0.317 e. The van der Waals surface area contributed by atoms with E-state index in [9.17, 15) is 0 Å². The van der Waals surface area contributed by atoms with Gasteiger partial charge >= 0.3 is 0 Å². The second-order valence-electron chi connectivity index (χ2n) is 3.72. The first-order chi connectivity index (χ1) is 5.79. The Morgan fingerprint density at radius 1 is 1.42 bits per heavy atom. The van der Waals surface area contributed by atoms with E-state index in [1.54, 1.807) is 0 Å². The van der Waals surface area contributed by atoms with Gasteiger partial charge in [-0.15, -0.1) is 11.8 Å². The molecule has 0 bridgehead atoms. The van der Waals surface area contributed by atoms with Crippen LogP contribution in [0.5, 0.6) is 0 Å². The van der Waals surface area contributed by atoms with E-state index in [1.807, 2.05) is 6.92 Å². The van der Waals surface area contributed by atoms with Crippen molar-refractivity contribution in [2.45, 2.75) is 39.2 Å². The van der Waals surface area contributed by atoms with Gasteiger partial charge in [0.25, 0.3) is 0 Å². The highest BCUT2D eigenvalue weighted by Crippen LogP contribution is 2.33. The Labute approximate surface area is 75.9 Å². The Balaban J connectivity index is 2.41. The molecule has 1 N–H and O–H groups in total. The Morgan fingerprint density at radius 3 is 2.67 bits per heavy atom. The zero-order valence-corrected chi connectivity index (χ0v) is 8.35. The zero-order chi connectivity index (χ0) is 8.97. The molecule has 0 radical (unpaired) electrons. The van der Waals surface area contributed by atoms with Crippen LogP contribution in [-0.2, 0) is 0 Å². The van der Waals surface area contributed by atoms with Crippen LogP contribution in [0.25, 0.3) is 0 Å². The Hall–Kier alpha value is -0.480. The molecule has 1 heteroatoms. The summed E-state index contributed by atoms with van der Waals surface area (Å²) in [6, 6.07) is 0.730.